The Hall–Kier alpha value is -0.910. The Morgan fingerprint density at radius 2 is 1.78 bits per heavy atom. The van der Waals surface area contributed by atoms with Crippen molar-refractivity contribution in [2.75, 3.05) is 25.4 Å². The highest BCUT2D eigenvalue weighted by molar-refractivity contribution is 7.89. The SMILES string of the molecule is O=S(=O)(CC1CC1)N1C[C@@H]2C[C@H](C1)[C@@H]1CCC[C@H](Cc3ccccc3)N1C2. The van der Waals surface area contributed by atoms with E-state index in [4.69, 9.17) is 0 Å². The van der Waals surface area contributed by atoms with E-state index < -0.39 is 10.0 Å². The van der Waals surface area contributed by atoms with E-state index in [1.54, 1.807) is 0 Å². The lowest BCUT2D eigenvalue weighted by Gasteiger charge is -2.55. The van der Waals surface area contributed by atoms with Gasteiger partial charge in [0.15, 0.2) is 0 Å². The van der Waals surface area contributed by atoms with E-state index >= 15 is 0 Å². The minimum atomic E-state index is -3.05. The molecule has 0 spiro atoms. The highest BCUT2D eigenvalue weighted by Gasteiger charge is 2.47. The zero-order valence-electron chi connectivity index (χ0n) is 16.2. The van der Waals surface area contributed by atoms with Crippen molar-refractivity contribution >= 4 is 10.0 Å². The molecule has 0 aromatic heterocycles. The summed E-state index contributed by atoms with van der Waals surface area (Å²) in [6.07, 6.45) is 8.41. The molecule has 1 saturated carbocycles. The van der Waals surface area contributed by atoms with E-state index in [9.17, 15) is 8.42 Å². The third-order valence-electron chi connectivity index (χ3n) is 7.33. The van der Waals surface area contributed by atoms with Crippen LogP contribution in [0.3, 0.4) is 0 Å². The molecule has 1 aliphatic carbocycles. The highest BCUT2D eigenvalue weighted by atomic mass is 32.2. The molecule has 4 fully saturated rings. The minimum absolute atomic E-state index is 0.400. The van der Waals surface area contributed by atoms with Crippen LogP contribution < -0.4 is 0 Å². The van der Waals surface area contributed by atoms with Gasteiger partial charge in [0.05, 0.1) is 5.75 Å². The summed E-state index contributed by atoms with van der Waals surface area (Å²) in [6.45, 7) is 2.62. The van der Waals surface area contributed by atoms with Gasteiger partial charge < -0.3 is 0 Å². The van der Waals surface area contributed by atoms with E-state index in [0.717, 1.165) is 38.9 Å². The number of benzene rings is 1. The van der Waals surface area contributed by atoms with Gasteiger partial charge >= 0.3 is 0 Å². The fourth-order valence-electron chi connectivity index (χ4n) is 5.89. The lowest BCUT2D eigenvalue weighted by molar-refractivity contribution is -0.0402. The number of sulfonamides is 1. The summed E-state index contributed by atoms with van der Waals surface area (Å²) in [6, 6.07) is 12.1. The third-order valence-corrected chi connectivity index (χ3v) is 9.31. The van der Waals surface area contributed by atoms with Crippen molar-refractivity contribution in [2.24, 2.45) is 17.8 Å². The second-order valence-electron chi connectivity index (χ2n) is 9.44. The quantitative estimate of drug-likeness (QED) is 0.778. The first-order valence-electron chi connectivity index (χ1n) is 10.9. The van der Waals surface area contributed by atoms with E-state index in [0.29, 0.717) is 35.6 Å². The molecule has 4 aliphatic rings. The van der Waals surface area contributed by atoms with Gasteiger partial charge in [-0.15, -0.1) is 0 Å². The van der Waals surface area contributed by atoms with Gasteiger partial charge in [0, 0.05) is 31.7 Å². The van der Waals surface area contributed by atoms with Gasteiger partial charge in [0.25, 0.3) is 0 Å². The average Bonchev–Trinajstić information content (AvgIpc) is 3.46. The maximum absolute atomic E-state index is 12.8. The molecule has 5 rings (SSSR count). The summed E-state index contributed by atoms with van der Waals surface area (Å²) >= 11 is 0. The van der Waals surface area contributed by atoms with Crippen LogP contribution in [-0.2, 0) is 16.4 Å². The van der Waals surface area contributed by atoms with Crippen LogP contribution in [0.25, 0.3) is 0 Å². The minimum Gasteiger partial charge on any atom is -0.296 e. The van der Waals surface area contributed by atoms with Crippen LogP contribution >= 0.6 is 0 Å². The van der Waals surface area contributed by atoms with Gasteiger partial charge in [0.2, 0.25) is 10.0 Å². The molecular weight excluding hydrogens is 356 g/mol. The molecule has 4 nitrogen and oxygen atoms in total. The van der Waals surface area contributed by atoms with Gasteiger partial charge in [-0.2, -0.15) is 0 Å². The molecule has 148 valence electrons. The second-order valence-corrected chi connectivity index (χ2v) is 11.5. The molecule has 4 atom stereocenters. The maximum atomic E-state index is 12.8. The normalized spacial score (nSPS) is 35.0. The average molecular weight is 389 g/mol. The number of piperidine rings is 3. The van der Waals surface area contributed by atoms with Crippen LogP contribution in [0.1, 0.15) is 44.1 Å². The smallest absolute Gasteiger partial charge is 0.214 e. The zero-order valence-corrected chi connectivity index (χ0v) is 17.0. The predicted molar refractivity (Wildman–Crippen MR) is 108 cm³/mol. The molecule has 1 aromatic rings. The summed E-state index contributed by atoms with van der Waals surface area (Å²) in [5.74, 6) is 1.89. The standard InChI is InChI=1S/C22H32N2O2S/c25-27(26,16-18-9-10-18)23-13-19-11-20(15-23)22-8-4-7-21(24(22)14-19)12-17-5-2-1-3-6-17/h1-3,5-6,18-22H,4,7-16H2/t19-,20+,21+,22-/m0/s1. The van der Waals surface area contributed by atoms with Crippen LogP contribution in [0.4, 0.5) is 0 Å². The molecule has 0 amide bonds. The molecule has 3 saturated heterocycles. The molecule has 3 heterocycles. The van der Waals surface area contributed by atoms with Crippen LogP contribution in [-0.4, -0.2) is 55.1 Å². The van der Waals surface area contributed by atoms with E-state index in [1.807, 2.05) is 4.31 Å². The molecule has 0 N–H and O–H groups in total. The first-order valence-corrected chi connectivity index (χ1v) is 12.5. The van der Waals surface area contributed by atoms with Crippen molar-refractivity contribution in [3.8, 4) is 0 Å². The number of hydrogen-bond donors (Lipinski definition) is 0. The Morgan fingerprint density at radius 1 is 0.963 bits per heavy atom. The maximum Gasteiger partial charge on any atom is 0.214 e. The first-order chi connectivity index (χ1) is 13.1. The molecule has 0 unspecified atom stereocenters. The third kappa shape index (κ3) is 3.83. The molecule has 1 aromatic carbocycles. The number of rotatable bonds is 5. The van der Waals surface area contributed by atoms with Crippen LogP contribution in [0, 0.1) is 17.8 Å². The van der Waals surface area contributed by atoms with Crippen molar-refractivity contribution < 1.29 is 8.42 Å². The summed E-state index contributed by atoms with van der Waals surface area (Å²) < 4.78 is 27.6. The summed E-state index contributed by atoms with van der Waals surface area (Å²) in [5.41, 5.74) is 1.44. The Bertz CT molecular complexity index is 762. The number of nitrogens with zero attached hydrogens (tertiary/aromatic N) is 2. The molecule has 5 heteroatoms. The summed E-state index contributed by atoms with van der Waals surface area (Å²) in [4.78, 5) is 2.78. The van der Waals surface area contributed by atoms with E-state index in [-0.39, 0.29) is 0 Å². The van der Waals surface area contributed by atoms with Crippen LogP contribution in [0.15, 0.2) is 30.3 Å². The van der Waals surface area contributed by atoms with Crippen LogP contribution in [0.2, 0.25) is 0 Å². The topological polar surface area (TPSA) is 40.6 Å². The molecular formula is C22H32N2O2S. The van der Waals surface area contributed by atoms with Gasteiger partial charge in [0.1, 0.15) is 0 Å². The molecule has 2 bridgehead atoms. The van der Waals surface area contributed by atoms with Crippen LogP contribution in [0.5, 0.6) is 0 Å². The lowest BCUT2D eigenvalue weighted by Crippen LogP contribution is -2.62. The predicted octanol–water partition coefficient (Wildman–Crippen LogP) is 3.14. The molecule has 0 radical (unpaired) electrons. The number of fused-ring (bicyclic) bond motifs is 4. The second kappa shape index (κ2) is 7.16. The fraction of sp³-hybridized carbons (Fsp3) is 0.727. The Labute approximate surface area is 164 Å². The van der Waals surface area contributed by atoms with Crippen molar-refractivity contribution in [1.29, 1.82) is 0 Å². The van der Waals surface area contributed by atoms with Gasteiger partial charge in [-0.1, -0.05) is 36.8 Å². The number of hydrogen-bond acceptors (Lipinski definition) is 3. The Kier molecular flexibility index (Phi) is 4.81. The summed E-state index contributed by atoms with van der Waals surface area (Å²) in [7, 11) is -3.05. The zero-order chi connectivity index (χ0) is 18.4. The van der Waals surface area contributed by atoms with Crippen molar-refractivity contribution in [3.63, 3.8) is 0 Å². The van der Waals surface area contributed by atoms with E-state index in [2.05, 4.69) is 35.2 Å². The van der Waals surface area contributed by atoms with Gasteiger partial charge in [-0.25, -0.2) is 12.7 Å². The molecule has 3 aliphatic heterocycles. The summed E-state index contributed by atoms with van der Waals surface area (Å²) in [5, 5.41) is 0. The monoisotopic (exact) mass is 388 g/mol. The Balaban J connectivity index is 1.30. The molecule has 27 heavy (non-hydrogen) atoms. The van der Waals surface area contributed by atoms with Crippen molar-refractivity contribution in [3.05, 3.63) is 35.9 Å². The highest BCUT2D eigenvalue weighted by Crippen LogP contribution is 2.41. The van der Waals surface area contributed by atoms with E-state index in [1.165, 1.54) is 31.2 Å². The lowest BCUT2D eigenvalue weighted by atomic mass is 9.74. The Morgan fingerprint density at radius 3 is 2.56 bits per heavy atom. The fourth-order valence-corrected chi connectivity index (χ4v) is 7.88. The van der Waals surface area contributed by atoms with Crippen molar-refractivity contribution in [2.45, 2.75) is 57.0 Å². The van der Waals surface area contributed by atoms with Gasteiger partial charge in [-0.3, -0.25) is 4.90 Å². The first kappa shape index (κ1) is 18.1. The van der Waals surface area contributed by atoms with Gasteiger partial charge in [-0.05, 0) is 61.8 Å². The largest absolute Gasteiger partial charge is 0.296 e. The van der Waals surface area contributed by atoms with Crippen molar-refractivity contribution in [1.82, 2.24) is 9.21 Å².